The lowest BCUT2D eigenvalue weighted by molar-refractivity contribution is 0.0691. The van der Waals surface area contributed by atoms with E-state index in [2.05, 4.69) is 4.98 Å². The van der Waals surface area contributed by atoms with E-state index in [1.54, 1.807) is 6.07 Å². The van der Waals surface area contributed by atoms with E-state index in [1.807, 2.05) is 42.5 Å². The van der Waals surface area contributed by atoms with E-state index in [-0.39, 0.29) is 5.69 Å². The summed E-state index contributed by atoms with van der Waals surface area (Å²) >= 11 is 0. The van der Waals surface area contributed by atoms with Crippen LogP contribution in [0.15, 0.2) is 48.5 Å². The highest BCUT2D eigenvalue weighted by Gasteiger charge is 2.15. The van der Waals surface area contributed by atoms with E-state index in [0.717, 1.165) is 22.0 Å². The van der Waals surface area contributed by atoms with Gasteiger partial charge in [-0.15, -0.1) is 0 Å². The van der Waals surface area contributed by atoms with Crippen molar-refractivity contribution in [1.29, 1.82) is 0 Å². The maximum Gasteiger partial charge on any atom is 0.352 e. The monoisotopic (exact) mass is 296 g/mol. The zero-order valence-corrected chi connectivity index (χ0v) is 11.9. The fourth-order valence-corrected chi connectivity index (χ4v) is 2.46. The van der Waals surface area contributed by atoms with Gasteiger partial charge in [0.1, 0.15) is 18.1 Å². The van der Waals surface area contributed by atoms with Crippen molar-refractivity contribution in [3.63, 3.8) is 0 Å². The molecule has 2 aromatic carbocycles. The summed E-state index contributed by atoms with van der Waals surface area (Å²) in [5, 5.41) is 9.96. The molecule has 4 N–H and O–H groups in total. The number of fused-ring (bicyclic) bond motifs is 1. The normalized spacial score (nSPS) is 10.8. The zero-order chi connectivity index (χ0) is 15.5. The van der Waals surface area contributed by atoms with Crippen molar-refractivity contribution in [2.75, 3.05) is 13.2 Å². The molecule has 0 aliphatic rings. The van der Waals surface area contributed by atoms with Gasteiger partial charge in [-0.2, -0.15) is 0 Å². The fourth-order valence-electron chi connectivity index (χ4n) is 2.46. The summed E-state index contributed by atoms with van der Waals surface area (Å²) in [6.07, 6.45) is 0. The molecule has 22 heavy (non-hydrogen) atoms. The topological polar surface area (TPSA) is 88.3 Å². The van der Waals surface area contributed by atoms with Gasteiger partial charge in [0.15, 0.2) is 0 Å². The van der Waals surface area contributed by atoms with Crippen LogP contribution in [0.4, 0.5) is 0 Å². The average Bonchev–Trinajstić information content (AvgIpc) is 2.99. The number of carbonyl (C=O) groups is 1. The van der Waals surface area contributed by atoms with E-state index in [0.29, 0.717) is 18.9 Å². The number of hydrogen-bond donors (Lipinski definition) is 3. The summed E-state index contributed by atoms with van der Waals surface area (Å²) in [4.78, 5) is 14.2. The SMILES string of the molecule is NCCOc1ccc(-c2ccccc2)c2[nH]c(C(=O)O)cc12. The number of aromatic carboxylic acids is 1. The second-order valence-corrected chi connectivity index (χ2v) is 4.89. The maximum absolute atomic E-state index is 11.3. The number of aromatic nitrogens is 1. The summed E-state index contributed by atoms with van der Waals surface area (Å²) in [5.74, 6) is -0.371. The number of hydrogen-bond acceptors (Lipinski definition) is 3. The summed E-state index contributed by atoms with van der Waals surface area (Å²) in [5.41, 5.74) is 8.30. The number of H-pyrrole nitrogens is 1. The molecule has 0 unspecified atom stereocenters. The third-order valence-electron chi connectivity index (χ3n) is 3.44. The maximum atomic E-state index is 11.3. The molecular formula is C17H16N2O3. The molecule has 0 saturated heterocycles. The van der Waals surface area contributed by atoms with Crippen LogP contribution in [-0.4, -0.2) is 29.2 Å². The van der Waals surface area contributed by atoms with Crippen LogP contribution in [0.1, 0.15) is 10.5 Å². The van der Waals surface area contributed by atoms with Gasteiger partial charge < -0.3 is 20.6 Å². The Morgan fingerprint density at radius 3 is 2.64 bits per heavy atom. The minimum absolute atomic E-state index is 0.135. The van der Waals surface area contributed by atoms with Crippen molar-refractivity contribution in [3.8, 4) is 16.9 Å². The minimum atomic E-state index is -1.00. The number of nitrogens with two attached hydrogens (primary N) is 1. The van der Waals surface area contributed by atoms with E-state index >= 15 is 0 Å². The first-order valence-electron chi connectivity index (χ1n) is 6.98. The van der Waals surface area contributed by atoms with Gasteiger partial charge in [-0.05, 0) is 23.8 Å². The first-order valence-corrected chi connectivity index (χ1v) is 6.98. The zero-order valence-electron chi connectivity index (χ0n) is 11.9. The predicted octanol–water partition coefficient (Wildman–Crippen LogP) is 2.87. The largest absolute Gasteiger partial charge is 0.492 e. The number of benzene rings is 2. The second kappa shape index (κ2) is 5.91. The van der Waals surface area contributed by atoms with Crippen LogP contribution in [0.25, 0.3) is 22.0 Å². The van der Waals surface area contributed by atoms with E-state index in [4.69, 9.17) is 10.5 Å². The molecule has 0 amide bonds. The van der Waals surface area contributed by atoms with Crippen LogP contribution < -0.4 is 10.5 Å². The van der Waals surface area contributed by atoms with Crippen LogP contribution in [0.2, 0.25) is 0 Å². The second-order valence-electron chi connectivity index (χ2n) is 4.89. The van der Waals surface area contributed by atoms with Crippen molar-refractivity contribution in [3.05, 3.63) is 54.2 Å². The van der Waals surface area contributed by atoms with Gasteiger partial charge in [0.05, 0.1) is 5.52 Å². The summed E-state index contributed by atoms with van der Waals surface area (Å²) < 4.78 is 5.61. The van der Waals surface area contributed by atoms with Gasteiger partial charge in [0, 0.05) is 17.5 Å². The first-order chi connectivity index (χ1) is 10.7. The molecule has 0 spiro atoms. The minimum Gasteiger partial charge on any atom is -0.492 e. The molecular weight excluding hydrogens is 280 g/mol. The molecule has 5 heteroatoms. The Hall–Kier alpha value is -2.79. The quantitative estimate of drug-likeness (QED) is 0.675. The highest BCUT2D eigenvalue weighted by molar-refractivity contribution is 6.02. The van der Waals surface area contributed by atoms with Crippen molar-refractivity contribution in [2.24, 2.45) is 5.73 Å². The molecule has 0 saturated carbocycles. The fraction of sp³-hybridized carbons (Fsp3) is 0.118. The molecule has 0 bridgehead atoms. The van der Waals surface area contributed by atoms with Crippen LogP contribution in [0, 0.1) is 0 Å². The molecule has 3 rings (SSSR count). The van der Waals surface area contributed by atoms with E-state index in [1.165, 1.54) is 0 Å². The van der Waals surface area contributed by atoms with Crippen LogP contribution >= 0.6 is 0 Å². The number of nitrogens with one attached hydrogen (secondary N) is 1. The van der Waals surface area contributed by atoms with Crippen LogP contribution in [-0.2, 0) is 0 Å². The van der Waals surface area contributed by atoms with Crippen molar-refractivity contribution >= 4 is 16.9 Å². The number of rotatable bonds is 5. The molecule has 5 nitrogen and oxygen atoms in total. The Balaban J connectivity index is 2.20. The molecule has 0 aliphatic heterocycles. The van der Waals surface area contributed by atoms with Gasteiger partial charge in [-0.3, -0.25) is 0 Å². The van der Waals surface area contributed by atoms with E-state index < -0.39 is 5.97 Å². The molecule has 3 aromatic rings. The lowest BCUT2D eigenvalue weighted by atomic mass is 10.0. The van der Waals surface area contributed by atoms with Crippen LogP contribution in [0.5, 0.6) is 5.75 Å². The van der Waals surface area contributed by atoms with Gasteiger partial charge in [-0.1, -0.05) is 30.3 Å². The Bertz CT molecular complexity index is 809. The Morgan fingerprint density at radius 2 is 1.95 bits per heavy atom. The van der Waals surface area contributed by atoms with Gasteiger partial charge in [-0.25, -0.2) is 4.79 Å². The Kier molecular flexibility index (Phi) is 3.80. The van der Waals surface area contributed by atoms with Crippen molar-refractivity contribution < 1.29 is 14.6 Å². The summed E-state index contributed by atoms with van der Waals surface area (Å²) in [7, 11) is 0. The number of carboxylic acid groups (broad SMARTS) is 1. The highest BCUT2D eigenvalue weighted by Crippen LogP contribution is 2.34. The third-order valence-corrected chi connectivity index (χ3v) is 3.44. The number of aromatic amines is 1. The smallest absolute Gasteiger partial charge is 0.352 e. The van der Waals surface area contributed by atoms with Gasteiger partial charge in [0.25, 0.3) is 0 Å². The Morgan fingerprint density at radius 1 is 1.18 bits per heavy atom. The van der Waals surface area contributed by atoms with Crippen molar-refractivity contribution in [2.45, 2.75) is 0 Å². The first kappa shape index (κ1) is 14.2. The van der Waals surface area contributed by atoms with Crippen molar-refractivity contribution in [1.82, 2.24) is 4.98 Å². The number of carboxylic acids is 1. The van der Waals surface area contributed by atoms with Gasteiger partial charge >= 0.3 is 5.97 Å². The highest BCUT2D eigenvalue weighted by atomic mass is 16.5. The number of ether oxygens (including phenoxy) is 1. The predicted molar refractivity (Wildman–Crippen MR) is 85.2 cm³/mol. The molecule has 0 aliphatic carbocycles. The molecule has 0 fully saturated rings. The molecule has 112 valence electrons. The summed E-state index contributed by atoms with van der Waals surface area (Å²) in [6, 6.07) is 15.2. The molecule has 0 radical (unpaired) electrons. The standard InChI is InChI=1S/C17H16N2O3/c18-8-9-22-15-7-6-12(11-4-2-1-3-5-11)16-13(15)10-14(19-16)17(20)21/h1-7,10,19H,8-9,18H2,(H,20,21). The lowest BCUT2D eigenvalue weighted by Crippen LogP contribution is -2.10. The Labute approximate surface area is 127 Å². The summed E-state index contributed by atoms with van der Waals surface area (Å²) in [6.45, 7) is 0.783. The molecule has 1 heterocycles. The van der Waals surface area contributed by atoms with E-state index in [9.17, 15) is 9.90 Å². The average molecular weight is 296 g/mol. The molecule has 1 aromatic heterocycles. The lowest BCUT2D eigenvalue weighted by Gasteiger charge is -2.09. The van der Waals surface area contributed by atoms with Gasteiger partial charge in [0.2, 0.25) is 0 Å². The molecule has 0 atom stereocenters. The van der Waals surface area contributed by atoms with Crippen LogP contribution in [0.3, 0.4) is 0 Å². The third kappa shape index (κ3) is 2.54.